The molecule has 1 saturated carbocycles. The highest BCUT2D eigenvalue weighted by molar-refractivity contribution is 6.07. The summed E-state index contributed by atoms with van der Waals surface area (Å²) >= 11 is 0. The van der Waals surface area contributed by atoms with E-state index < -0.39 is 0 Å². The molecular weight excluding hydrogens is 392 g/mol. The third kappa shape index (κ3) is 2.73. The number of para-hydroxylation sites is 1. The zero-order valence-corrected chi connectivity index (χ0v) is 16.9. The summed E-state index contributed by atoms with van der Waals surface area (Å²) in [7, 11) is 0. The number of rotatable bonds is 4. The molecule has 154 valence electrons. The first-order chi connectivity index (χ1) is 15.1. The number of imide groups is 1. The lowest BCUT2D eigenvalue weighted by molar-refractivity contribution is -0.140. The maximum atomic E-state index is 12.9. The quantitative estimate of drug-likeness (QED) is 0.373. The molecular formula is C24H20N4O3. The molecule has 0 radical (unpaired) electrons. The van der Waals surface area contributed by atoms with Gasteiger partial charge in [0.05, 0.1) is 23.7 Å². The van der Waals surface area contributed by atoms with Crippen LogP contribution in [-0.4, -0.2) is 32.8 Å². The van der Waals surface area contributed by atoms with Gasteiger partial charge in [0.25, 0.3) is 11.8 Å². The molecule has 0 unspecified atom stereocenters. The molecule has 3 heterocycles. The standard InChI is InChI=1S/C24H20N4O3/c1-14-7-10-19(31-14)22-17(13-27(26-22)18-5-3-2-4-6-18)12-25-28-23(29)20-15-8-9-16(11-15)21(20)24(28)30/h2-10,12-13,15-16,20-21H,11H2,1H3/b25-12-/t15-,16-,20-,21-/m0/s1. The van der Waals surface area contributed by atoms with E-state index in [1.165, 1.54) is 6.21 Å². The van der Waals surface area contributed by atoms with E-state index in [-0.39, 0.29) is 35.5 Å². The van der Waals surface area contributed by atoms with E-state index in [1.807, 2.05) is 55.6 Å². The zero-order valence-electron chi connectivity index (χ0n) is 16.9. The fourth-order valence-corrected chi connectivity index (χ4v) is 5.07. The number of hydrogen-bond acceptors (Lipinski definition) is 5. The van der Waals surface area contributed by atoms with Gasteiger partial charge in [-0.05, 0) is 49.4 Å². The predicted octanol–water partition coefficient (Wildman–Crippen LogP) is 3.58. The van der Waals surface area contributed by atoms with E-state index in [9.17, 15) is 9.59 Å². The van der Waals surface area contributed by atoms with Gasteiger partial charge in [0.1, 0.15) is 11.5 Å². The Morgan fingerprint density at radius 2 is 1.74 bits per heavy atom. The molecule has 1 aliphatic heterocycles. The monoisotopic (exact) mass is 412 g/mol. The Balaban J connectivity index is 1.36. The maximum Gasteiger partial charge on any atom is 0.254 e. The lowest BCUT2D eigenvalue weighted by atomic mass is 9.85. The van der Waals surface area contributed by atoms with Crippen LogP contribution in [0.3, 0.4) is 0 Å². The minimum atomic E-state index is -0.265. The Labute approximate surface area is 178 Å². The molecule has 3 aromatic rings. The van der Waals surface area contributed by atoms with Gasteiger partial charge in [0.2, 0.25) is 0 Å². The number of benzene rings is 1. The Hall–Kier alpha value is -3.74. The van der Waals surface area contributed by atoms with Gasteiger partial charge >= 0.3 is 0 Å². The van der Waals surface area contributed by atoms with Gasteiger partial charge in [-0.3, -0.25) is 9.59 Å². The largest absolute Gasteiger partial charge is 0.460 e. The number of nitrogens with zero attached hydrogens (tertiary/aromatic N) is 4. The summed E-state index contributed by atoms with van der Waals surface area (Å²) in [5.41, 5.74) is 2.15. The summed E-state index contributed by atoms with van der Waals surface area (Å²) in [6, 6.07) is 13.4. The topological polar surface area (TPSA) is 80.7 Å². The molecule has 2 amide bonds. The van der Waals surface area contributed by atoms with Crippen LogP contribution in [0, 0.1) is 30.6 Å². The van der Waals surface area contributed by atoms with Crippen LogP contribution in [-0.2, 0) is 9.59 Å². The number of fused-ring (bicyclic) bond motifs is 5. The first-order valence-electron chi connectivity index (χ1n) is 10.4. The zero-order chi connectivity index (χ0) is 21.1. The van der Waals surface area contributed by atoms with Gasteiger partial charge in [-0.2, -0.15) is 15.2 Å². The molecule has 2 bridgehead atoms. The number of hydrazone groups is 1. The summed E-state index contributed by atoms with van der Waals surface area (Å²) in [6.07, 6.45) is 8.40. The van der Waals surface area contributed by atoms with E-state index in [4.69, 9.17) is 4.42 Å². The Kier molecular flexibility index (Phi) is 3.86. The second-order valence-corrected chi connectivity index (χ2v) is 8.36. The molecule has 2 aromatic heterocycles. The van der Waals surface area contributed by atoms with Crippen molar-refractivity contribution in [2.24, 2.45) is 28.8 Å². The van der Waals surface area contributed by atoms with Crippen LogP contribution in [0.5, 0.6) is 0 Å². The van der Waals surface area contributed by atoms with Crippen molar-refractivity contribution in [2.75, 3.05) is 0 Å². The highest BCUT2D eigenvalue weighted by atomic mass is 16.3. The Morgan fingerprint density at radius 3 is 2.39 bits per heavy atom. The summed E-state index contributed by atoms with van der Waals surface area (Å²) in [5.74, 6) is 0.767. The Bertz CT molecular complexity index is 1220. The van der Waals surface area contributed by atoms with Crippen molar-refractivity contribution in [1.82, 2.24) is 14.8 Å². The normalized spacial score (nSPS) is 26.5. The minimum absolute atomic E-state index is 0.161. The van der Waals surface area contributed by atoms with Crippen LogP contribution in [0.2, 0.25) is 0 Å². The molecule has 3 aliphatic rings. The summed E-state index contributed by atoms with van der Waals surface area (Å²) in [6.45, 7) is 1.87. The fraction of sp³-hybridized carbons (Fsp3) is 0.250. The molecule has 2 aliphatic carbocycles. The van der Waals surface area contributed by atoms with Crippen molar-refractivity contribution >= 4 is 18.0 Å². The predicted molar refractivity (Wildman–Crippen MR) is 113 cm³/mol. The number of furan rings is 1. The highest BCUT2D eigenvalue weighted by Gasteiger charge is 2.59. The van der Waals surface area contributed by atoms with Gasteiger partial charge in [-0.15, -0.1) is 0 Å². The number of amides is 2. The van der Waals surface area contributed by atoms with Gasteiger partial charge in [-0.25, -0.2) is 4.68 Å². The summed E-state index contributed by atoms with van der Waals surface area (Å²) < 4.78 is 7.51. The average Bonchev–Trinajstić information content (AvgIpc) is 3.58. The SMILES string of the molecule is Cc1ccc(-c2nn(-c3ccccc3)cc2/C=N\N2C(=O)[C@@H]3[C@@H](C2=O)[C@H]2C=C[C@H]3C2)o1. The summed E-state index contributed by atoms with van der Waals surface area (Å²) in [5, 5.41) is 10.0. The second-order valence-electron chi connectivity index (χ2n) is 8.36. The van der Waals surface area contributed by atoms with E-state index >= 15 is 0 Å². The van der Waals surface area contributed by atoms with Crippen LogP contribution in [0.4, 0.5) is 0 Å². The first-order valence-corrected chi connectivity index (χ1v) is 10.4. The smallest absolute Gasteiger partial charge is 0.254 e. The van der Waals surface area contributed by atoms with Crippen LogP contribution in [0.15, 0.2) is 70.3 Å². The second kappa shape index (κ2) is 6.63. The van der Waals surface area contributed by atoms with Crippen LogP contribution in [0.25, 0.3) is 17.1 Å². The lowest BCUT2D eigenvalue weighted by Crippen LogP contribution is -2.28. The number of allylic oxidation sites excluding steroid dienone is 2. The molecule has 0 spiro atoms. The van der Waals surface area contributed by atoms with Gasteiger partial charge in [-0.1, -0.05) is 30.4 Å². The molecule has 7 nitrogen and oxygen atoms in total. The molecule has 6 rings (SSSR count). The van der Waals surface area contributed by atoms with Crippen LogP contribution >= 0.6 is 0 Å². The van der Waals surface area contributed by atoms with E-state index in [0.717, 1.165) is 22.9 Å². The van der Waals surface area contributed by atoms with Crippen LogP contribution < -0.4 is 0 Å². The van der Waals surface area contributed by atoms with Gasteiger partial charge < -0.3 is 4.42 Å². The number of hydrogen-bond donors (Lipinski definition) is 0. The van der Waals surface area contributed by atoms with Gasteiger partial charge in [0.15, 0.2) is 5.76 Å². The average molecular weight is 412 g/mol. The molecule has 7 heteroatoms. The van der Waals surface area contributed by atoms with E-state index in [2.05, 4.69) is 22.4 Å². The third-order valence-electron chi connectivity index (χ3n) is 6.50. The minimum Gasteiger partial charge on any atom is -0.460 e. The molecule has 1 saturated heterocycles. The molecule has 31 heavy (non-hydrogen) atoms. The van der Waals surface area contributed by atoms with Crippen LogP contribution in [0.1, 0.15) is 17.7 Å². The number of carbonyl (C=O) groups is 2. The van der Waals surface area contributed by atoms with E-state index in [1.54, 1.807) is 4.68 Å². The summed E-state index contributed by atoms with van der Waals surface area (Å²) in [4.78, 5) is 25.8. The first kappa shape index (κ1) is 18.1. The van der Waals surface area contributed by atoms with Crippen molar-refractivity contribution < 1.29 is 14.0 Å². The number of aromatic nitrogens is 2. The number of aryl methyl sites for hydroxylation is 1. The van der Waals surface area contributed by atoms with Crippen molar-refractivity contribution in [3.63, 3.8) is 0 Å². The van der Waals surface area contributed by atoms with Crippen molar-refractivity contribution in [3.8, 4) is 17.1 Å². The van der Waals surface area contributed by atoms with E-state index in [0.29, 0.717) is 17.0 Å². The van der Waals surface area contributed by atoms with Crippen molar-refractivity contribution in [2.45, 2.75) is 13.3 Å². The van der Waals surface area contributed by atoms with Gasteiger partial charge in [0, 0.05) is 11.8 Å². The third-order valence-corrected chi connectivity index (χ3v) is 6.50. The number of carbonyl (C=O) groups excluding carboxylic acids is 2. The fourth-order valence-electron chi connectivity index (χ4n) is 5.07. The van der Waals surface area contributed by atoms with Crippen molar-refractivity contribution in [3.05, 3.63) is 72.1 Å². The maximum absolute atomic E-state index is 12.9. The molecule has 2 fully saturated rings. The lowest BCUT2D eigenvalue weighted by Gasteiger charge is -2.13. The molecule has 1 aromatic carbocycles. The Morgan fingerprint density at radius 1 is 1.03 bits per heavy atom. The molecule has 4 atom stereocenters. The van der Waals surface area contributed by atoms with Crippen molar-refractivity contribution in [1.29, 1.82) is 0 Å². The highest BCUT2D eigenvalue weighted by Crippen LogP contribution is 2.52. The molecule has 0 N–H and O–H groups in total.